The Balaban J connectivity index is 2.61. The predicted octanol–water partition coefficient (Wildman–Crippen LogP) is 3.16. The van der Waals surface area contributed by atoms with Gasteiger partial charge in [-0.2, -0.15) is 13.2 Å². The SMILES string of the molecule is Cn1cccc1-c1cc(C(F)(F)F)[nH]c(=S)n1. The molecule has 7 heteroatoms. The molecule has 0 aliphatic carbocycles. The van der Waals surface area contributed by atoms with Gasteiger partial charge in [-0.25, -0.2) is 4.98 Å². The molecular weight excluding hydrogens is 251 g/mol. The zero-order valence-corrected chi connectivity index (χ0v) is 9.56. The van der Waals surface area contributed by atoms with Gasteiger partial charge < -0.3 is 9.55 Å². The van der Waals surface area contributed by atoms with Crippen molar-refractivity contribution < 1.29 is 13.2 Å². The van der Waals surface area contributed by atoms with E-state index in [9.17, 15) is 13.2 Å². The maximum Gasteiger partial charge on any atom is 0.431 e. The second-order valence-corrected chi connectivity index (χ2v) is 3.87. The molecule has 0 saturated heterocycles. The summed E-state index contributed by atoms with van der Waals surface area (Å²) in [5.74, 6) is 0. The summed E-state index contributed by atoms with van der Waals surface area (Å²) in [6.07, 6.45) is -2.74. The van der Waals surface area contributed by atoms with Gasteiger partial charge in [-0.3, -0.25) is 0 Å². The fraction of sp³-hybridized carbons (Fsp3) is 0.200. The number of aromatic nitrogens is 3. The molecule has 2 heterocycles. The van der Waals surface area contributed by atoms with Crippen molar-refractivity contribution >= 4 is 12.2 Å². The van der Waals surface area contributed by atoms with Crippen molar-refractivity contribution in [2.75, 3.05) is 0 Å². The van der Waals surface area contributed by atoms with Crippen molar-refractivity contribution in [3.63, 3.8) is 0 Å². The number of hydrogen-bond acceptors (Lipinski definition) is 2. The van der Waals surface area contributed by atoms with Crippen LogP contribution in [-0.4, -0.2) is 14.5 Å². The minimum absolute atomic E-state index is 0.184. The Labute approximate surface area is 99.9 Å². The van der Waals surface area contributed by atoms with E-state index in [-0.39, 0.29) is 10.5 Å². The van der Waals surface area contributed by atoms with E-state index in [1.54, 1.807) is 29.9 Å². The highest BCUT2D eigenvalue weighted by atomic mass is 32.1. The highest BCUT2D eigenvalue weighted by Gasteiger charge is 2.32. The second kappa shape index (κ2) is 3.99. The molecule has 3 nitrogen and oxygen atoms in total. The number of alkyl halides is 3. The van der Waals surface area contributed by atoms with Crippen LogP contribution >= 0.6 is 12.2 Å². The molecule has 1 N–H and O–H groups in total. The fourth-order valence-corrected chi connectivity index (χ4v) is 1.68. The molecule has 0 atom stereocenters. The molecule has 0 fully saturated rings. The van der Waals surface area contributed by atoms with Gasteiger partial charge in [-0.15, -0.1) is 0 Å². The molecule has 0 unspecified atom stereocenters. The lowest BCUT2D eigenvalue weighted by atomic mass is 10.2. The topological polar surface area (TPSA) is 33.6 Å². The molecule has 17 heavy (non-hydrogen) atoms. The minimum atomic E-state index is -4.46. The van der Waals surface area contributed by atoms with Gasteiger partial charge in [0.2, 0.25) is 0 Å². The molecule has 90 valence electrons. The van der Waals surface area contributed by atoms with Crippen LogP contribution in [0.25, 0.3) is 11.4 Å². The van der Waals surface area contributed by atoms with Crippen LogP contribution < -0.4 is 0 Å². The monoisotopic (exact) mass is 259 g/mol. The lowest BCUT2D eigenvalue weighted by Gasteiger charge is -2.08. The van der Waals surface area contributed by atoms with Crippen LogP contribution in [0.15, 0.2) is 24.4 Å². The summed E-state index contributed by atoms with van der Waals surface area (Å²) in [5.41, 5.74) is -0.113. The van der Waals surface area contributed by atoms with Gasteiger partial charge in [0.05, 0.1) is 11.4 Å². The Hall–Kier alpha value is -1.63. The van der Waals surface area contributed by atoms with Crippen LogP contribution in [0, 0.1) is 4.77 Å². The van der Waals surface area contributed by atoms with E-state index in [0.29, 0.717) is 5.69 Å². The first-order valence-corrected chi connectivity index (χ1v) is 5.09. The number of halogens is 3. The summed E-state index contributed by atoms with van der Waals surface area (Å²) in [7, 11) is 1.73. The van der Waals surface area contributed by atoms with Gasteiger partial charge in [-0.05, 0) is 30.4 Å². The molecule has 2 aromatic heterocycles. The van der Waals surface area contributed by atoms with E-state index in [0.717, 1.165) is 6.07 Å². The van der Waals surface area contributed by atoms with Gasteiger partial charge in [0, 0.05) is 13.2 Å². The third-order valence-electron chi connectivity index (χ3n) is 2.26. The van der Waals surface area contributed by atoms with Gasteiger partial charge in [0.1, 0.15) is 5.69 Å². The Morgan fingerprint density at radius 3 is 2.65 bits per heavy atom. The van der Waals surface area contributed by atoms with Crippen molar-refractivity contribution in [3.8, 4) is 11.4 Å². The summed E-state index contributed by atoms with van der Waals surface area (Å²) in [6, 6.07) is 4.35. The second-order valence-electron chi connectivity index (χ2n) is 3.49. The zero-order chi connectivity index (χ0) is 12.6. The van der Waals surface area contributed by atoms with Crippen molar-refractivity contribution in [1.29, 1.82) is 0 Å². The highest BCUT2D eigenvalue weighted by Crippen LogP contribution is 2.29. The van der Waals surface area contributed by atoms with Crippen LogP contribution in [0.3, 0.4) is 0 Å². The van der Waals surface area contributed by atoms with E-state index in [2.05, 4.69) is 4.98 Å². The van der Waals surface area contributed by atoms with E-state index in [1.165, 1.54) is 0 Å². The van der Waals surface area contributed by atoms with Crippen LogP contribution in [0.1, 0.15) is 5.69 Å². The molecule has 0 aromatic carbocycles. The number of aromatic amines is 1. The number of nitrogens with one attached hydrogen (secondary N) is 1. The van der Waals surface area contributed by atoms with E-state index < -0.39 is 11.9 Å². The predicted molar refractivity (Wildman–Crippen MR) is 58.8 cm³/mol. The summed E-state index contributed by atoms with van der Waals surface area (Å²) in [4.78, 5) is 5.93. The molecule has 0 spiro atoms. The van der Waals surface area contributed by atoms with Crippen LogP contribution in [0.5, 0.6) is 0 Å². The lowest BCUT2D eigenvalue weighted by Crippen LogP contribution is -2.09. The molecule has 0 bridgehead atoms. The van der Waals surface area contributed by atoms with Crippen molar-refractivity contribution in [3.05, 3.63) is 34.9 Å². The molecule has 0 aliphatic heterocycles. The highest BCUT2D eigenvalue weighted by molar-refractivity contribution is 7.71. The number of aryl methyl sites for hydroxylation is 1. The average Bonchev–Trinajstić information content (AvgIpc) is 2.62. The van der Waals surface area contributed by atoms with E-state index >= 15 is 0 Å². The van der Waals surface area contributed by atoms with Crippen LogP contribution in [0.2, 0.25) is 0 Å². The molecule has 0 radical (unpaired) electrons. The fourth-order valence-electron chi connectivity index (χ4n) is 1.47. The first-order valence-electron chi connectivity index (χ1n) is 4.68. The van der Waals surface area contributed by atoms with Crippen LogP contribution in [-0.2, 0) is 13.2 Å². The summed E-state index contributed by atoms with van der Waals surface area (Å²) < 4.78 is 39.2. The van der Waals surface area contributed by atoms with Crippen molar-refractivity contribution in [2.24, 2.45) is 7.05 Å². The zero-order valence-electron chi connectivity index (χ0n) is 8.75. The maximum atomic E-state index is 12.6. The third kappa shape index (κ3) is 2.38. The largest absolute Gasteiger partial charge is 0.431 e. The summed E-state index contributed by atoms with van der Waals surface area (Å²) in [6.45, 7) is 0. The Morgan fingerprint density at radius 2 is 2.12 bits per heavy atom. The smallest absolute Gasteiger partial charge is 0.349 e. The first-order chi connectivity index (χ1) is 7.88. The van der Waals surface area contributed by atoms with Crippen LogP contribution in [0.4, 0.5) is 13.2 Å². The molecule has 0 saturated carbocycles. The number of hydrogen-bond donors (Lipinski definition) is 1. The molecule has 0 aliphatic rings. The molecule has 0 amide bonds. The van der Waals surface area contributed by atoms with Gasteiger partial charge >= 0.3 is 6.18 Å². The number of nitrogens with zero attached hydrogens (tertiary/aromatic N) is 2. The number of rotatable bonds is 1. The van der Waals surface area contributed by atoms with Gasteiger partial charge in [0.25, 0.3) is 0 Å². The Kier molecular flexibility index (Phi) is 2.78. The minimum Gasteiger partial charge on any atom is -0.349 e. The van der Waals surface area contributed by atoms with Crippen molar-refractivity contribution in [2.45, 2.75) is 6.18 Å². The molecule has 2 aromatic rings. The third-order valence-corrected chi connectivity index (χ3v) is 2.45. The molecule has 2 rings (SSSR count). The van der Waals surface area contributed by atoms with Gasteiger partial charge in [0.15, 0.2) is 4.77 Å². The normalized spacial score (nSPS) is 11.8. The lowest BCUT2D eigenvalue weighted by molar-refractivity contribution is -0.141. The number of H-pyrrole nitrogens is 1. The van der Waals surface area contributed by atoms with Gasteiger partial charge in [-0.1, -0.05) is 0 Å². The summed E-state index contributed by atoms with van der Waals surface area (Å²) >= 11 is 4.70. The van der Waals surface area contributed by atoms with E-state index in [4.69, 9.17) is 12.2 Å². The quantitative estimate of drug-likeness (QED) is 0.798. The Morgan fingerprint density at radius 1 is 1.41 bits per heavy atom. The Bertz CT molecular complexity index is 597. The average molecular weight is 259 g/mol. The maximum absolute atomic E-state index is 12.6. The van der Waals surface area contributed by atoms with E-state index in [1.807, 2.05) is 4.98 Å². The standard InChI is InChI=1S/C10H8F3N3S/c1-16-4-2-3-7(16)6-5-8(10(11,12)13)15-9(17)14-6/h2-5H,1H3,(H,14,15,17). The summed E-state index contributed by atoms with van der Waals surface area (Å²) in [5, 5.41) is 0. The first kappa shape index (κ1) is 11.8. The molecular formula is C10H8F3N3S. The van der Waals surface area contributed by atoms with Crippen molar-refractivity contribution in [1.82, 2.24) is 14.5 Å².